The maximum Gasteiger partial charge on any atom is 0.0936 e. The van der Waals surface area contributed by atoms with Gasteiger partial charge in [0.25, 0.3) is 0 Å². The molecular weight excluding hydrogens is 228 g/mol. The lowest BCUT2D eigenvalue weighted by molar-refractivity contribution is -0.120. The van der Waals surface area contributed by atoms with Crippen molar-refractivity contribution in [2.45, 2.75) is 82.5 Å². The predicted octanol–water partition coefficient (Wildman–Crippen LogP) is 3.29. The van der Waals surface area contributed by atoms with Gasteiger partial charge in [-0.25, -0.2) is 0 Å². The largest absolute Gasteiger partial charge is 0.390 e. The summed E-state index contributed by atoms with van der Waals surface area (Å²) in [7, 11) is 3.47. The summed E-state index contributed by atoms with van der Waals surface area (Å²) in [4.78, 5) is 0. The first-order valence-corrected chi connectivity index (χ1v) is 7.24. The highest BCUT2D eigenvalue weighted by molar-refractivity contribution is 4.90. The first kappa shape index (κ1) is 15.9. The zero-order valence-corrected chi connectivity index (χ0v) is 12.5. The quantitative estimate of drug-likeness (QED) is 0.743. The molecule has 0 heterocycles. The molecule has 0 aliphatic heterocycles. The molecule has 1 N–H and O–H groups in total. The van der Waals surface area contributed by atoms with Gasteiger partial charge in [-0.1, -0.05) is 25.7 Å². The SMILES string of the molecule is COC(C)(C)CCC(O)C1(OC)CCCCCC1. The van der Waals surface area contributed by atoms with Gasteiger partial charge in [-0.3, -0.25) is 0 Å². The number of ether oxygens (including phenoxy) is 2. The summed E-state index contributed by atoms with van der Waals surface area (Å²) >= 11 is 0. The van der Waals surface area contributed by atoms with Gasteiger partial charge in [-0.15, -0.1) is 0 Å². The van der Waals surface area contributed by atoms with Crippen LogP contribution in [0.5, 0.6) is 0 Å². The van der Waals surface area contributed by atoms with E-state index in [1.165, 1.54) is 25.7 Å². The molecule has 0 radical (unpaired) electrons. The van der Waals surface area contributed by atoms with Crippen molar-refractivity contribution in [2.75, 3.05) is 14.2 Å². The standard InChI is InChI=1S/C15H30O3/c1-14(2,17-3)12-9-13(16)15(18-4)10-7-5-6-8-11-15/h13,16H,5-12H2,1-4H3. The molecule has 1 aliphatic rings. The Labute approximate surface area is 112 Å². The van der Waals surface area contributed by atoms with Crippen molar-refractivity contribution >= 4 is 0 Å². The van der Waals surface area contributed by atoms with Crippen molar-refractivity contribution in [3.8, 4) is 0 Å². The molecule has 3 nitrogen and oxygen atoms in total. The van der Waals surface area contributed by atoms with Crippen molar-refractivity contribution in [3.63, 3.8) is 0 Å². The summed E-state index contributed by atoms with van der Waals surface area (Å²) in [5.41, 5.74) is -0.485. The summed E-state index contributed by atoms with van der Waals surface area (Å²) in [5, 5.41) is 10.5. The molecule has 108 valence electrons. The molecule has 0 aromatic heterocycles. The number of aliphatic hydroxyl groups excluding tert-OH is 1. The maximum absolute atomic E-state index is 10.5. The Morgan fingerprint density at radius 2 is 1.67 bits per heavy atom. The fourth-order valence-corrected chi connectivity index (χ4v) is 2.85. The molecule has 18 heavy (non-hydrogen) atoms. The summed E-state index contributed by atoms with van der Waals surface area (Å²) in [6.07, 6.45) is 8.05. The summed E-state index contributed by atoms with van der Waals surface area (Å²) < 4.78 is 11.1. The van der Waals surface area contributed by atoms with Crippen molar-refractivity contribution in [1.29, 1.82) is 0 Å². The molecular formula is C15H30O3. The maximum atomic E-state index is 10.5. The Balaban J connectivity index is 2.57. The number of hydrogen-bond donors (Lipinski definition) is 1. The van der Waals surface area contributed by atoms with Gasteiger partial charge in [-0.2, -0.15) is 0 Å². The van der Waals surface area contributed by atoms with Crippen LogP contribution in [0.2, 0.25) is 0 Å². The Morgan fingerprint density at radius 1 is 1.11 bits per heavy atom. The van der Waals surface area contributed by atoms with Gasteiger partial charge in [-0.05, 0) is 39.5 Å². The second-order valence-corrected chi connectivity index (χ2v) is 6.20. The molecule has 1 fully saturated rings. The fourth-order valence-electron chi connectivity index (χ4n) is 2.85. The lowest BCUT2D eigenvalue weighted by atomic mass is 9.84. The van der Waals surface area contributed by atoms with Crippen LogP contribution in [0.4, 0.5) is 0 Å². The smallest absolute Gasteiger partial charge is 0.0936 e. The van der Waals surface area contributed by atoms with Crippen LogP contribution < -0.4 is 0 Å². The zero-order chi connectivity index (χ0) is 13.6. The van der Waals surface area contributed by atoms with Crippen molar-refractivity contribution in [3.05, 3.63) is 0 Å². The topological polar surface area (TPSA) is 38.7 Å². The van der Waals surface area contributed by atoms with E-state index in [-0.39, 0.29) is 17.3 Å². The third-order valence-electron chi connectivity index (χ3n) is 4.54. The van der Waals surface area contributed by atoms with Gasteiger partial charge in [0, 0.05) is 14.2 Å². The van der Waals surface area contributed by atoms with Crippen molar-refractivity contribution < 1.29 is 14.6 Å². The molecule has 1 rings (SSSR count). The first-order valence-electron chi connectivity index (χ1n) is 7.24. The van der Waals surface area contributed by atoms with E-state index in [9.17, 15) is 5.11 Å². The Bertz CT molecular complexity index is 230. The lowest BCUT2D eigenvalue weighted by Crippen LogP contribution is -2.44. The van der Waals surface area contributed by atoms with Gasteiger partial charge in [0.05, 0.1) is 17.3 Å². The minimum absolute atomic E-state index is 0.166. The van der Waals surface area contributed by atoms with Crippen LogP contribution in [0, 0.1) is 0 Å². The number of aliphatic hydroxyl groups is 1. The van der Waals surface area contributed by atoms with Gasteiger partial charge in [0.15, 0.2) is 0 Å². The van der Waals surface area contributed by atoms with E-state index in [2.05, 4.69) is 13.8 Å². The van der Waals surface area contributed by atoms with E-state index in [0.717, 1.165) is 25.7 Å². The fraction of sp³-hybridized carbons (Fsp3) is 1.00. The van der Waals surface area contributed by atoms with Crippen LogP contribution in [0.25, 0.3) is 0 Å². The molecule has 1 saturated carbocycles. The van der Waals surface area contributed by atoms with Gasteiger partial charge < -0.3 is 14.6 Å². The zero-order valence-electron chi connectivity index (χ0n) is 12.5. The molecule has 0 amide bonds. The third-order valence-corrected chi connectivity index (χ3v) is 4.54. The second kappa shape index (κ2) is 6.88. The van der Waals surface area contributed by atoms with E-state index in [1.807, 2.05) is 0 Å². The van der Waals surface area contributed by atoms with Crippen molar-refractivity contribution in [2.24, 2.45) is 0 Å². The number of hydrogen-bond acceptors (Lipinski definition) is 3. The monoisotopic (exact) mass is 258 g/mol. The first-order chi connectivity index (χ1) is 8.46. The minimum atomic E-state index is -0.380. The van der Waals surface area contributed by atoms with E-state index in [1.54, 1.807) is 14.2 Å². The molecule has 0 saturated heterocycles. The molecule has 0 aromatic rings. The van der Waals surface area contributed by atoms with Crippen LogP contribution in [-0.2, 0) is 9.47 Å². The average molecular weight is 258 g/mol. The highest BCUT2D eigenvalue weighted by atomic mass is 16.5. The van der Waals surface area contributed by atoms with Crippen molar-refractivity contribution in [1.82, 2.24) is 0 Å². The van der Waals surface area contributed by atoms with Crippen LogP contribution >= 0.6 is 0 Å². The predicted molar refractivity (Wildman–Crippen MR) is 73.8 cm³/mol. The molecule has 0 aromatic carbocycles. The summed E-state index contributed by atoms with van der Waals surface area (Å²) in [6, 6.07) is 0. The Hall–Kier alpha value is -0.120. The van der Waals surface area contributed by atoms with Gasteiger partial charge >= 0.3 is 0 Å². The summed E-state index contributed by atoms with van der Waals surface area (Å²) in [6.45, 7) is 4.12. The van der Waals surface area contributed by atoms with E-state index >= 15 is 0 Å². The minimum Gasteiger partial charge on any atom is -0.390 e. The summed E-state index contributed by atoms with van der Waals surface area (Å²) in [5.74, 6) is 0. The van der Waals surface area contributed by atoms with Crippen LogP contribution in [0.1, 0.15) is 65.2 Å². The van der Waals surface area contributed by atoms with E-state index in [0.29, 0.717) is 0 Å². The molecule has 1 unspecified atom stereocenters. The van der Waals surface area contributed by atoms with Gasteiger partial charge in [0.2, 0.25) is 0 Å². The Kier molecular flexibility index (Phi) is 6.09. The lowest BCUT2D eigenvalue weighted by Gasteiger charge is -2.37. The normalized spacial score (nSPS) is 22.5. The highest BCUT2D eigenvalue weighted by Gasteiger charge is 2.38. The molecule has 1 aliphatic carbocycles. The van der Waals surface area contributed by atoms with Crippen LogP contribution in [0.15, 0.2) is 0 Å². The van der Waals surface area contributed by atoms with Crippen LogP contribution in [0.3, 0.4) is 0 Å². The second-order valence-electron chi connectivity index (χ2n) is 6.20. The third kappa shape index (κ3) is 4.22. The highest BCUT2D eigenvalue weighted by Crippen LogP contribution is 2.35. The molecule has 0 spiro atoms. The number of rotatable bonds is 6. The van der Waals surface area contributed by atoms with Gasteiger partial charge in [0.1, 0.15) is 0 Å². The molecule has 0 bridgehead atoms. The molecule has 3 heteroatoms. The average Bonchev–Trinajstić information content (AvgIpc) is 2.62. The number of methoxy groups -OCH3 is 2. The van der Waals surface area contributed by atoms with E-state index in [4.69, 9.17) is 9.47 Å². The van der Waals surface area contributed by atoms with Crippen LogP contribution in [-0.4, -0.2) is 36.6 Å². The molecule has 1 atom stereocenters. The van der Waals surface area contributed by atoms with E-state index < -0.39 is 0 Å². The Morgan fingerprint density at radius 3 is 2.11 bits per heavy atom.